The second kappa shape index (κ2) is 2.34. The molecule has 0 aliphatic rings. The van der Waals surface area contributed by atoms with Gasteiger partial charge in [-0.05, 0) is 12.1 Å². The van der Waals surface area contributed by atoms with Gasteiger partial charge < -0.3 is 10.2 Å². The molecule has 4 nitrogen and oxygen atoms in total. The number of aromatic nitrogens is 1. The van der Waals surface area contributed by atoms with E-state index in [1.165, 1.54) is 0 Å². The van der Waals surface area contributed by atoms with Crippen LogP contribution in [0.25, 0.3) is 11.1 Å². The Hall–Kier alpha value is -1.84. The summed E-state index contributed by atoms with van der Waals surface area (Å²) >= 11 is 0. The Kier molecular flexibility index (Phi) is 1.33. The first kappa shape index (κ1) is 6.84. The molecule has 2 aromatic rings. The lowest BCUT2D eigenvalue weighted by molar-refractivity contribution is 0.555. The molecular weight excluding hydrogens is 156 g/mol. The number of nitrogen functional groups attached to an aromatic ring is 1. The van der Waals surface area contributed by atoms with Crippen molar-refractivity contribution in [1.29, 1.82) is 0 Å². The second-order valence-corrected chi connectivity index (χ2v) is 2.41. The van der Waals surface area contributed by atoms with E-state index in [4.69, 9.17) is 10.2 Å². The molecule has 0 aliphatic heterocycles. The first-order chi connectivity index (χ1) is 5.75. The van der Waals surface area contributed by atoms with Crippen molar-refractivity contribution in [1.82, 2.24) is 4.98 Å². The highest BCUT2D eigenvalue weighted by atomic mass is 16.4. The molecule has 0 atom stereocenters. The predicted molar refractivity (Wildman–Crippen MR) is 44.7 cm³/mol. The molecule has 1 heterocycles. The zero-order valence-electron chi connectivity index (χ0n) is 6.15. The molecular formula is C8H6N2O2. The maximum Gasteiger partial charge on any atom is 0.354 e. The van der Waals surface area contributed by atoms with Crippen LogP contribution in [0, 0.1) is 0 Å². The summed E-state index contributed by atoms with van der Waals surface area (Å²) in [5.74, 6) is 0. The van der Waals surface area contributed by atoms with Gasteiger partial charge in [-0.25, -0.2) is 9.78 Å². The van der Waals surface area contributed by atoms with Crippen LogP contribution in [0.15, 0.2) is 33.6 Å². The van der Waals surface area contributed by atoms with Gasteiger partial charge in [-0.2, -0.15) is 0 Å². The van der Waals surface area contributed by atoms with Crippen molar-refractivity contribution < 1.29 is 4.42 Å². The molecule has 1 aromatic heterocycles. The largest absolute Gasteiger partial charge is 0.420 e. The Balaban J connectivity index is 2.89. The van der Waals surface area contributed by atoms with E-state index in [9.17, 15) is 4.79 Å². The fourth-order valence-corrected chi connectivity index (χ4v) is 0.976. The maximum absolute atomic E-state index is 10.7. The van der Waals surface area contributed by atoms with Crippen LogP contribution < -0.4 is 11.4 Å². The fourth-order valence-electron chi connectivity index (χ4n) is 0.976. The quantitative estimate of drug-likeness (QED) is 0.581. The van der Waals surface area contributed by atoms with Crippen LogP contribution in [-0.4, -0.2) is 4.98 Å². The summed E-state index contributed by atoms with van der Waals surface area (Å²) in [6.45, 7) is 0. The van der Waals surface area contributed by atoms with Crippen LogP contribution in [0.1, 0.15) is 0 Å². The summed E-state index contributed by atoms with van der Waals surface area (Å²) in [6.07, 6.45) is 1.14. The third kappa shape index (κ3) is 1.03. The molecule has 60 valence electrons. The molecule has 12 heavy (non-hydrogen) atoms. The van der Waals surface area contributed by atoms with Gasteiger partial charge in [-0.1, -0.05) is 0 Å². The minimum atomic E-state index is -0.465. The zero-order valence-corrected chi connectivity index (χ0v) is 6.15. The molecule has 0 amide bonds. The maximum atomic E-state index is 10.7. The van der Waals surface area contributed by atoms with Gasteiger partial charge in [0.25, 0.3) is 0 Å². The van der Waals surface area contributed by atoms with Crippen molar-refractivity contribution in [3.63, 3.8) is 0 Å². The molecule has 0 saturated heterocycles. The van der Waals surface area contributed by atoms with Crippen LogP contribution in [-0.2, 0) is 0 Å². The Morgan fingerprint density at radius 1 is 1.42 bits per heavy atom. The van der Waals surface area contributed by atoms with Crippen molar-refractivity contribution >= 4 is 16.8 Å². The summed E-state index contributed by atoms with van der Waals surface area (Å²) in [5.41, 5.74) is 6.62. The van der Waals surface area contributed by atoms with Gasteiger partial charge in [0.15, 0.2) is 5.58 Å². The number of anilines is 1. The summed E-state index contributed by atoms with van der Waals surface area (Å²) in [7, 11) is 0. The highest BCUT2D eigenvalue weighted by Gasteiger charge is 1.97. The lowest BCUT2D eigenvalue weighted by Crippen LogP contribution is -1.97. The predicted octanol–water partition coefficient (Wildman–Crippen LogP) is 0.770. The van der Waals surface area contributed by atoms with Crippen LogP contribution >= 0.6 is 0 Å². The molecule has 0 saturated carbocycles. The minimum absolute atomic E-state index is 0.419. The van der Waals surface area contributed by atoms with Crippen molar-refractivity contribution in [3.8, 4) is 0 Å². The summed E-state index contributed by atoms with van der Waals surface area (Å²) < 4.78 is 4.84. The number of hydrogen-bond acceptors (Lipinski definition) is 4. The van der Waals surface area contributed by atoms with Crippen molar-refractivity contribution in [3.05, 3.63) is 34.8 Å². The topological polar surface area (TPSA) is 69.1 Å². The van der Waals surface area contributed by atoms with Crippen LogP contribution in [0.3, 0.4) is 0 Å². The van der Waals surface area contributed by atoms with Gasteiger partial charge in [-0.15, -0.1) is 0 Å². The van der Waals surface area contributed by atoms with Gasteiger partial charge in [-0.3, -0.25) is 0 Å². The Labute approximate surface area is 67.6 Å². The molecule has 1 aromatic carbocycles. The fraction of sp³-hybridized carbons (Fsp3) is 0. The third-order valence-electron chi connectivity index (χ3n) is 1.50. The number of rotatable bonds is 0. The van der Waals surface area contributed by atoms with Crippen molar-refractivity contribution in [2.75, 3.05) is 5.73 Å². The Bertz CT molecular complexity index is 476. The lowest BCUT2D eigenvalue weighted by Gasteiger charge is -1.94. The Morgan fingerprint density at radius 2 is 2.25 bits per heavy atom. The van der Waals surface area contributed by atoms with Crippen molar-refractivity contribution in [2.45, 2.75) is 0 Å². The van der Waals surface area contributed by atoms with Gasteiger partial charge in [0, 0.05) is 11.8 Å². The molecule has 2 rings (SSSR count). The third-order valence-corrected chi connectivity index (χ3v) is 1.50. The molecule has 0 radical (unpaired) electrons. The molecule has 0 fully saturated rings. The average molecular weight is 162 g/mol. The van der Waals surface area contributed by atoms with E-state index >= 15 is 0 Å². The van der Waals surface area contributed by atoms with Crippen molar-refractivity contribution in [2.24, 2.45) is 0 Å². The van der Waals surface area contributed by atoms with E-state index in [2.05, 4.69) is 4.98 Å². The van der Waals surface area contributed by atoms with Crippen LogP contribution in [0.4, 0.5) is 5.69 Å². The summed E-state index contributed by atoms with van der Waals surface area (Å²) in [6, 6.07) is 4.98. The van der Waals surface area contributed by atoms with Gasteiger partial charge in [0.2, 0.25) is 0 Å². The molecule has 2 N–H and O–H groups in total. The number of benzene rings is 1. The average Bonchev–Trinajstić information content (AvgIpc) is 2.03. The molecule has 0 spiro atoms. The zero-order chi connectivity index (χ0) is 8.55. The lowest BCUT2D eigenvalue weighted by atomic mass is 10.3. The summed E-state index contributed by atoms with van der Waals surface area (Å²) in [4.78, 5) is 14.6. The van der Waals surface area contributed by atoms with E-state index in [1.54, 1.807) is 18.2 Å². The van der Waals surface area contributed by atoms with E-state index in [0.29, 0.717) is 16.8 Å². The number of nitrogens with two attached hydrogens (primary N) is 1. The smallest absolute Gasteiger partial charge is 0.354 e. The first-order valence-corrected chi connectivity index (χ1v) is 3.41. The highest BCUT2D eigenvalue weighted by Crippen LogP contribution is 2.12. The molecule has 0 unspecified atom stereocenters. The van der Waals surface area contributed by atoms with Gasteiger partial charge in [0.1, 0.15) is 11.7 Å². The number of nitrogens with zero attached hydrogens (tertiary/aromatic N) is 1. The minimum Gasteiger partial charge on any atom is -0.420 e. The van der Waals surface area contributed by atoms with E-state index < -0.39 is 5.63 Å². The SMILES string of the molecule is Nc1ccc2ncc(=O)oc2c1. The van der Waals surface area contributed by atoms with Crippen LogP contribution in [0.5, 0.6) is 0 Å². The van der Waals surface area contributed by atoms with Crippen LogP contribution in [0.2, 0.25) is 0 Å². The normalized spacial score (nSPS) is 10.3. The van der Waals surface area contributed by atoms with E-state index in [-0.39, 0.29) is 0 Å². The van der Waals surface area contributed by atoms with Gasteiger partial charge >= 0.3 is 5.63 Å². The van der Waals surface area contributed by atoms with Gasteiger partial charge in [0.05, 0.1) is 0 Å². The monoisotopic (exact) mass is 162 g/mol. The first-order valence-electron chi connectivity index (χ1n) is 3.41. The van der Waals surface area contributed by atoms with E-state index in [0.717, 1.165) is 6.20 Å². The number of fused-ring (bicyclic) bond motifs is 1. The second-order valence-electron chi connectivity index (χ2n) is 2.41. The summed E-state index contributed by atoms with van der Waals surface area (Å²) in [5, 5.41) is 0. The molecule has 4 heteroatoms. The highest BCUT2D eigenvalue weighted by molar-refractivity contribution is 5.75. The standard InChI is InChI=1S/C8H6N2O2/c9-5-1-2-6-7(3-5)12-8(11)4-10-6/h1-4H,9H2. The molecule has 0 aliphatic carbocycles. The van der Waals surface area contributed by atoms with E-state index in [1.807, 2.05) is 0 Å². The number of hydrogen-bond donors (Lipinski definition) is 1. The molecule has 0 bridgehead atoms. The Morgan fingerprint density at radius 3 is 3.08 bits per heavy atom.